The summed E-state index contributed by atoms with van der Waals surface area (Å²) in [5, 5.41) is 29.7. The summed E-state index contributed by atoms with van der Waals surface area (Å²) in [4.78, 5) is 0. The van der Waals surface area contributed by atoms with Crippen LogP contribution in [0.1, 0.15) is 115 Å². The predicted molar refractivity (Wildman–Crippen MR) is 183 cm³/mol. The Labute approximate surface area is 269 Å². The van der Waals surface area contributed by atoms with Crippen LogP contribution in [0.4, 0.5) is 0 Å². The van der Waals surface area contributed by atoms with Gasteiger partial charge in [-0.2, -0.15) is 0 Å². The number of unbranched alkanes of at least 4 members (excludes halogenated alkanes) is 9. The molecular formula is C36H51Cl3O3. The lowest BCUT2D eigenvalue weighted by atomic mass is 10.1. The second-order valence-corrected chi connectivity index (χ2v) is 11.8. The molecule has 234 valence electrons. The summed E-state index contributed by atoms with van der Waals surface area (Å²) < 4.78 is 0. The normalized spacial score (nSPS) is 10.4. The van der Waals surface area contributed by atoms with E-state index in [0.29, 0.717) is 15.1 Å². The third-order valence-corrected chi connectivity index (χ3v) is 8.38. The fourth-order valence-corrected chi connectivity index (χ4v) is 5.17. The lowest BCUT2D eigenvalue weighted by Gasteiger charge is -2.05. The Bertz CT molecular complexity index is 1130. The maximum Gasteiger partial charge on any atom is 0.134 e. The maximum atomic E-state index is 9.41. The minimum Gasteiger partial charge on any atom is -0.506 e. The largest absolute Gasteiger partial charge is 0.506 e. The van der Waals surface area contributed by atoms with Gasteiger partial charge in [0.1, 0.15) is 17.2 Å². The summed E-state index contributed by atoms with van der Waals surface area (Å²) in [6.07, 6.45) is 17.6. The third kappa shape index (κ3) is 15.4. The molecule has 0 spiro atoms. The fraction of sp³-hybridized carbons (Fsp3) is 0.500. The van der Waals surface area contributed by atoms with Crippen molar-refractivity contribution in [2.75, 3.05) is 0 Å². The van der Waals surface area contributed by atoms with Crippen molar-refractivity contribution in [1.29, 1.82) is 0 Å². The minimum atomic E-state index is 0.190. The number of phenols is 3. The topological polar surface area (TPSA) is 60.7 Å². The summed E-state index contributed by atoms with van der Waals surface area (Å²) in [5.41, 5.74) is 3.17. The van der Waals surface area contributed by atoms with Crippen LogP contribution < -0.4 is 0 Å². The molecule has 0 atom stereocenters. The number of benzene rings is 3. The van der Waals surface area contributed by atoms with Gasteiger partial charge in [-0.15, -0.1) is 0 Å². The van der Waals surface area contributed by atoms with Gasteiger partial charge < -0.3 is 15.3 Å². The quantitative estimate of drug-likeness (QED) is 0.145. The van der Waals surface area contributed by atoms with Crippen molar-refractivity contribution in [2.24, 2.45) is 0 Å². The van der Waals surface area contributed by atoms with Crippen LogP contribution in [0, 0.1) is 0 Å². The molecule has 0 aliphatic rings. The summed E-state index contributed by atoms with van der Waals surface area (Å²) in [7, 11) is 0. The molecule has 0 unspecified atom stereocenters. The molecule has 3 rings (SSSR count). The first-order valence-corrected chi connectivity index (χ1v) is 16.8. The second kappa shape index (κ2) is 23.4. The van der Waals surface area contributed by atoms with Crippen molar-refractivity contribution in [1.82, 2.24) is 0 Å². The molecule has 0 heterocycles. The van der Waals surface area contributed by atoms with E-state index >= 15 is 0 Å². The van der Waals surface area contributed by atoms with Gasteiger partial charge in [0, 0.05) is 0 Å². The number of hydrogen-bond acceptors (Lipinski definition) is 3. The van der Waals surface area contributed by atoms with Crippen molar-refractivity contribution in [3.05, 3.63) is 86.4 Å². The highest BCUT2D eigenvalue weighted by atomic mass is 35.5. The van der Waals surface area contributed by atoms with Crippen LogP contribution in [-0.2, 0) is 19.3 Å². The molecule has 0 bridgehead atoms. The Hall–Kier alpha value is -2.07. The Morgan fingerprint density at radius 1 is 0.405 bits per heavy atom. The molecular weight excluding hydrogens is 587 g/mol. The summed E-state index contributed by atoms with van der Waals surface area (Å²) in [6, 6.07) is 16.3. The average Bonchev–Trinajstić information content (AvgIpc) is 2.98. The van der Waals surface area contributed by atoms with Gasteiger partial charge in [0.15, 0.2) is 0 Å². The number of phenolic OH excluding ortho intramolecular Hbond substituents is 3. The predicted octanol–water partition coefficient (Wildman–Crippen LogP) is 12.5. The lowest BCUT2D eigenvalue weighted by Crippen LogP contribution is -1.87. The molecule has 3 nitrogen and oxygen atoms in total. The maximum absolute atomic E-state index is 9.41. The Balaban J connectivity index is 0.000000316. The van der Waals surface area contributed by atoms with Crippen LogP contribution in [0.3, 0.4) is 0 Å². The monoisotopic (exact) mass is 636 g/mol. The molecule has 0 amide bonds. The number of hydrogen-bond donors (Lipinski definition) is 3. The van der Waals surface area contributed by atoms with Crippen molar-refractivity contribution < 1.29 is 15.3 Å². The highest BCUT2D eigenvalue weighted by Crippen LogP contribution is 2.29. The standard InChI is InChI=1S/C13H19ClO.C12H17ClO.C11H15ClO/c1-2-3-4-5-6-8-11-9-7-10-12(15)13(11)14;1-2-3-4-5-7-10-8-6-9-11(14)12(10)13;1-2-3-4-6-9-7-5-8-10(13)11(9)12/h7,9-10,15H,2-6,8H2,1H3;6,8-9,14H,2-5,7H2,1H3;5,7-8,13H,2-4,6H2,1H3. The van der Waals surface area contributed by atoms with Crippen LogP contribution in [0.5, 0.6) is 17.2 Å². The molecule has 0 aromatic heterocycles. The first-order valence-electron chi connectivity index (χ1n) is 15.7. The van der Waals surface area contributed by atoms with E-state index in [1.165, 1.54) is 57.8 Å². The van der Waals surface area contributed by atoms with E-state index in [1.807, 2.05) is 36.4 Å². The SMILES string of the molecule is CCCCCCCc1cccc(O)c1Cl.CCCCCCc1cccc(O)c1Cl.CCCCCc1cccc(O)c1Cl. The molecule has 3 aromatic rings. The number of halogens is 3. The van der Waals surface area contributed by atoms with Gasteiger partial charge in [0.2, 0.25) is 0 Å². The zero-order valence-corrected chi connectivity index (χ0v) is 28.0. The molecule has 3 N–H and O–H groups in total. The van der Waals surface area contributed by atoms with E-state index in [9.17, 15) is 15.3 Å². The molecule has 42 heavy (non-hydrogen) atoms. The molecule has 0 saturated heterocycles. The molecule has 0 radical (unpaired) electrons. The molecule has 3 aromatic carbocycles. The Kier molecular flexibility index (Phi) is 21.1. The van der Waals surface area contributed by atoms with Gasteiger partial charge in [0.05, 0.1) is 15.1 Å². The van der Waals surface area contributed by atoms with Gasteiger partial charge in [-0.1, -0.05) is 150 Å². The zero-order chi connectivity index (χ0) is 31.2. The Morgan fingerprint density at radius 3 is 1.00 bits per heavy atom. The van der Waals surface area contributed by atoms with E-state index < -0.39 is 0 Å². The van der Waals surface area contributed by atoms with Crippen LogP contribution in [-0.4, -0.2) is 15.3 Å². The van der Waals surface area contributed by atoms with Crippen molar-refractivity contribution in [3.63, 3.8) is 0 Å². The van der Waals surface area contributed by atoms with E-state index in [1.54, 1.807) is 18.2 Å². The van der Waals surface area contributed by atoms with E-state index in [2.05, 4.69) is 20.8 Å². The first-order chi connectivity index (χ1) is 20.3. The van der Waals surface area contributed by atoms with Gasteiger partial charge in [-0.25, -0.2) is 0 Å². The average molecular weight is 638 g/mol. The fourth-order valence-electron chi connectivity index (χ4n) is 4.50. The van der Waals surface area contributed by atoms with Crippen molar-refractivity contribution in [2.45, 2.75) is 117 Å². The second-order valence-electron chi connectivity index (χ2n) is 10.7. The molecule has 0 aliphatic heterocycles. The summed E-state index contributed by atoms with van der Waals surface area (Å²) in [5.74, 6) is 0.582. The van der Waals surface area contributed by atoms with Crippen LogP contribution in [0.2, 0.25) is 15.1 Å². The molecule has 0 saturated carbocycles. The van der Waals surface area contributed by atoms with Gasteiger partial charge >= 0.3 is 0 Å². The third-order valence-electron chi connectivity index (χ3n) is 7.07. The zero-order valence-electron chi connectivity index (χ0n) is 25.8. The number of rotatable bonds is 15. The smallest absolute Gasteiger partial charge is 0.134 e. The number of aryl methyl sites for hydroxylation is 3. The highest BCUT2D eigenvalue weighted by Gasteiger charge is 2.05. The van der Waals surface area contributed by atoms with Gasteiger partial charge in [0.25, 0.3) is 0 Å². The highest BCUT2D eigenvalue weighted by molar-refractivity contribution is 6.33. The molecule has 0 aliphatic carbocycles. The minimum absolute atomic E-state index is 0.190. The van der Waals surface area contributed by atoms with Crippen molar-refractivity contribution in [3.8, 4) is 17.2 Å². The van der Waals surface area contributed by atoms with Crippen LogP contribution in [0.15, 0.2) is 54.6 Å². The van der Waals surface area contributed by atoms with Crippen LogP contribution in [0.25, 0.3) is 0 Å². The van der Waals surface area contributed by atoms with Gasteiger partial charge in [-0.05, 0) is 73.4 Å². The Morgan fingerprint density at radius 2 is 0.667 bits per heavy atom. The lowest BCUT2D eigenvalue weighted by molar-refractivity contribution is 0.474. The summed E-state index contributed by atoms with van der Waals surface area (Å²) >= 11 is 17.9. The number of aromatic hydroxyl groups is 3. The van der Waals surface area contributed by atoms with Crippen molar-refractivity contribution >= 4 is 34.8 Å². The van der Waals surface area contributed by atoms with Gasteiger partial charge in [-0.3, -0.25) is 0 Å². The van der Waals surface area contributed by atoms with E-state index in [4.69, 9.17) is 34.8 Å². The van der Waals surface area contributed by atoms with E-state index in [-0.39, 0.29) is 17.2 Å². The molecule has 6 heteroatoms. The first kappa shape index (κ1) is 38.0. The summed E-state index contributed by atoms with van der Waals surface area (Å²) in [6.45, 7) is 6.58. The molecule has 0 fully saturated rings. The van der Waals surface area contributed by atoms with E-state index in [0.717, 1.165) is 55.2 Å². The van der Waals surface area contributed by atoms with Crippen LogP contribution >= 0.6 is 34.8 Å².